The van der Waals surface area contributed by atoms with E-state index in [1.807, 2.05) is 0 Å². The zero-order valence-corrected chi connectivity index (χ0v) is 16.9. The van der Waals surface area contributed by atoms with Gasteiger partial charge >= 0.3 is 0 Å². The minimum Gasteiger partial charge on any atom is -0.495 e. The Morgan fingerprint density at radius 2 is 2.13 bits per heavy atom. The first-order chi connectivity index (χ1) is 14.9. The van der Waals surface area contributed by atoms with Crippen molar-refractivity contribution in [2.45, 2.75) is 43.3 Å². The Bertz CT molecular complexity index is 1100. The number of hydrogen-bond donors (Lipinski definition) is 2. The van der Waals surface area contributed by atoms with E-state index in [2.05, 4.69) is 30.7 Å². The van der Waals surface area contributed by atoms with Gasteiger partial charge in [0.05, 0.1) is 25.0 Å². The van der Waals surface area contributed by atoms with Gasteiger partial charge < -0.3 is 15.4 Å². The smallest absolute Gasteiger partial charge is 0.249 e. The van der Waals surface area contributed by atoms with Gasteiger partial charge in [-0.3, -0.25) is 0 Å². The minimum absolute atomic E-state index is 0.257. The number of aromatic nitrogens is 5. The SMILES string of the molecule is COc1cc2ncc(-c3ccnc(N[C@H]4CNCC[C@@H]4F)n3)n2nc1C1CC(F)(F)C1. The van der Waals surface area contributed by atoms with Gasteiger partial charge in [0.15, 0.2) is 5.65 Å². The lowest BCUT2D eigenvalue weighted by molar-refractivity contribution is -0.0881. The van der Waals surface area contributed by atoms with Gasteiger partial charge in [-0.25, -0.2) is 32.6 Å². The standard InChI is InChI=1S/C20H22F3N7O/c1-31-16-6-17-26-10-15(30(17)29-18(16)11-7-20(22,23)8-11)13-3-5-25-19(27-13)28-14-9-24-4-2-12(14)21/h3,5-6,10-12,14,24H,2,4,7-9H2,1H3,(H,25,27,28)/t12-,14-/m0/s1. The van der Waals surface area contributed by atoms with Crippen LogP contribution in [0.3, 0.4) is 0 Å². The number of alkyl halides is 3. The molecule has 3 aromatic rings. The number of ether oxygens (including phenoxy) is 1. The lowest BCUT2D eigenvalue weighted by Gasteiger charge is -2.34. The average molecular weight is 433 g/mol. The third kappa shape index (κ3) is 3.78. The van der Waals surface area contributed by atoms with Crippen molar-refractivity contribution in [2.24, 2.45) is 0 Å². The van der Waals surface area contributed by atoms with E-state index in [-0.39, 0.29) is 18.8 Å². The molecule has 1 saturated heterocycles. The summed E-state index contributed by atoms with van der Waals surface area (Å²) in [6.07, 6.45) is 2.11. The second kappa shape index (κ2) is 7.63. The number of anilines is 1. The van der Waals surface area contributed by atoms with Crippen molar-refractivity contribution in [1.29, 1.82) is 0 Å². The molecule has 2 atom stereocenters. The van der Waals surface area contributed by atoms with Gasteiger partial charge in [-0.1, -0.05) is 0 Å². The number of halogens is 3. The highest BCUT2D eigenvalue weighted by Crippen LogP contribution is 2.49. The number of methoxy groups -OCH3 is 1. The molecule has 2 N–H and O–H groups in total. The van der Waals surface area contributed by atoms with Crippen LogP contribution in [-0.2, 0) is 0 Å². The first-order valence-electron chi connectivity index (χ1n) is 10.2. The van der Waals surface area contributed by atoms with Crippen LogP contribution in [0.2, 0.25) is 0 Å². The summed E-state index contributed by atoms with van der Waals surface area (Å²) in [7, 11) is 1.48. The molecule has 3 aromatic heterocycles. The molecule has 1 saturated carbocycles. The van der Waals surface area contributed by atoms with Crippen LogP contribution in [0.1, 0.15) is 30.9 Å². The first kappa shape index (κ1) is 20.0. The third-order valence-corrected chi connectivity index (χ3v) is 5.81. The zero-order chi connectivity index (χ0) is 21.6. The number of piperidine rings is 1. The Labute approximate surface area is 176 Å². The summed E-state index contributed by atoms with van der Waals surface area (Å²) in [5, 5.41) is 10.8. The highest BCUT2D eigenvalue weighted by molar-refractivity contribution is 5.61. The van der Waals surface area contributed by atoms with Crippen LogP contribution in [0.4, 0.5) is 19.1 Å². The van der Waals surface area contributed by atoms with Gasteiger partial charge in [-0.05, 0) is 19.0 Å². The summed E-state index contributed by atoms with van der Waals surface area (Å²) in [4.78, 5) is 13.1. The topological polar surface area (TPSA) is 89.3 Å². The summed E-state index contributed by atoms with van der Waals surface area (Å²) in [5.41, 5.74) is 2.09. The number of hydrogen-bond acceptors (Lipinski definition) is 7. The quantitative estimate of drug-likeness (QED) is 0.640. The fourth-order valence-electron chi connectivity index (χ4n) is 4.09. The van der Waals surface area contributed by atoms with Gasteiger partial charge in [0.2, 0.25) is 11.9 Å². The van der Waals surface area contributed by atoms with Crippen molar-refractivity contribution in [1.82, 2.24) is 29.9 Å². The molecule has 31 heavy (non-hydrogen) atoms. The molecule has 0 unspecified atom stereocenters. The Hall–Kier alpha value is -2.95. The van der Waals surface area contributed by atoms with Crippen molar-refractivity contribution in [3.63, 3.8) is 0 Å². The summed E-state index contributed by atoms with van der Waals surface area (Å²) < 4.78 is 48.0. The van der Waals surface area contributed by atoms with Crippen LogP contribution in [0.25, 0.3) is 17.0 Å². The number of nitrogens with one attached hydrogen (secondary N) is 2. The summed E-state index contributed by atoms with van der Waals surface area (Å²) in [5.74, 6) is -2.31. The fraction of sp³-hybridized carbons (Fsp3) is 0.500. The highest BCUT2D eigenvalue weighted by atomic mass is 19.3. The van der Waals surface area contributed by atoms with Crippen LogP contribution in [-0.4, -0.2) is 62.9 Å². The Kier molecular flexibility index (Phi) is 4.92. The maximum absolute atomic E-state index is 14.2. The molecule has 8 nitrogen and oxygen atoms in total. The maximum Gasteiger partial charge on any atom is 0.249 e. The van der Waals surface area contributed by atoms with E-state index in [1.165, 1.54) is 7.11 Å². The first-order valence-corrected chi connectivity index (χ1v) is 10.2. The van der Waals surface area contributed by atoms with E-state index >= 15 is 0 Å². The highest BCUT2D eigenvalue weighted by Gasteiger charge is 2.47. The van der Waals surface area contributed by atoms with E-state index in [0.29, 0.717) is 53.9 Å². The van der Waals surface area contributed by atoms with Gasteiger partial charge in [-0.2, -0.15) is 5.10 Å². The lowest BCUT2D eigenvalue weighted by atomic mass is 9.79. The minimum atomic E-state index is -2.67. The van der Waals surface area contributed by atoms with Crippen molar-refractivity contribution in [2.75, 3.05) is 25.5 Å². The number of fused-ring (bicyclic) bond motifs is 1. The Morgan fingerprint density at radius 3 is 2.87 bits per heavy atom. The largest absolute Gasteiger partial charge is 0.495 e. The molecule has 0 amide bonds. The van der Waals surface area contributed by atoms with Crippen LogP contribution in [0.5, 0.6) is 5.75 Å². The van der Waals surface area contributed by atoms with Crippen molar-refractivity contribution in [3.05, 3.63) is 30.2 Å². The molecule has 0 radical (unpaired) electrons. The number of imidazole rings is 1. The molecule has 0 bridgehead atoms. The Balaban J connectivity index is 1.47. The van der Waals surface area contributed by atoms with Crippen LogP contribution >= 0.6 is 0 Å². The van der Waals surface area contributed by atoms with Crippen LogP contribution < -0.4 is 15.4 Å². The summed E-state index contributed by atoms with van der Waals surface area (Å²) in [6, 6.07) is 2.97. The van der Waals surface area contributed by atoms with Gasteiger partial charge in [0.1, 0.15) is 23.3 Å². The van der Waals surface area contributed by atoms with Crippen molar-refractivity contribution in [3.8, 4) is 17.1 Å². The lowest BCUT2D eigenvalue weighted by Crippen LogP contribution is -2.46. The van der Waals surface area contributed by atoms with Gasteiger partial charge in [-0.15, -0.1) is 0 Å². The molecule has 0 aromatic carbocycles. The van der Waals surface area contributed by atoms with E-state index in [4.69, 9.17) is 4.74 Å². The third-order valence-electron chi connectivity index (χ3n) is 5.81. The molecule has 2 fully saturated rings. The van der Waals surface area contributed by atoms with Crippen molar-refractivity contribution < 1.29 is 17.9 Å². The normalized spacial score (nSPS) is 23.5. The molecule has 4 heterocycles. The van der Waals surface area contributed by atoms with Crippen molar-refractivity contribution >= 4 is 11.6 Å². The molecule has 164 valence electrons. The van der Waals surface area contributed by atoms with E-state index < -0.39 is 18.1 Å². The molecule has 2 aliphatic rings. The monoisotopic (exact) mass is 433 g/mol. The number of rotatable bonds is 5. The van der Waals surface area contributed by atoms with E-state index in [1.54, 1.807) is 29.0 Å². The molecule has 5 rings (SSSR count). The number of nitrogens with zero attached hydrogens (tertiary/aromatic N) is 5. The fourth-order valence-corrected chi connectivity index (χ4v) is 4.09. The van der Waals surface area contributed by atoms with Gasteiger partial charge in [0.25, 0.3) is 0 Å². The van der Waals surface area contributed by atoms with E-state index in [9.17, 15) is 13.2 Å². The molecular formula is C20H22F3N7O. The van der Waals surface area contributed by atoms with Gasteiger partial charge in [0, 0.05) is 37.6 Å². The molecular weight excluding hydrogens is 411 g/mol. The molecule has 1 aliphatic heterocycles. The van der Waals surface area contributed by atoms with E-state index in [0.717, 1.165) is 0 Å². The molecule has 11 heteroatoms. The van der Waals surface area contributed by atoms with Crippen LogP contribution in [0.15, 0.2) is 24.5 Å². The average Bonchev–Trinajstić information content (AvgIpc) is 3.16. The second-order valence-corrected chi connectivity index (χ2v) is 8.00. The molecule has 0 spiro atoms. The summed E-state index contributed by atoms with van der Waals surface area (Å²) in [6.45, 7) is 1.13. The predicted molar refractivity (Wildman–Crippen MR) is 107 cm³/mol. The summed E-state index contributed by atoms with van der Waals surface area (Å²) >= 11 is 0. The predicted octanol–water partition coefficient (Wildman–Crippen LogP) is 2.82. The zero-order valence-electron chi connectivity index (χ0n) is 16.9. The van der Waals surface area contributed by atoms with Crippen LogP contribution in [0, 0.1) is 0 Å². The Morgan fingerprint density at radius 1 is 1.29 bits per heavy atom. The second-order valence-electron chi connectivity index (χ2n) is 8.00. The molecule has 1 aliphatic carbocycles. The maximum atomic E-state index is 14.2.